The SMILES string of the molecule is C[C@@H]1CN(CS(=O)O)CC[C@@H]1Nc1nc2cnc(-c3cn[nH]c3)c(OC3CC3)n2n1. The highest BCUT2D eigenvalue weighted by Crippen LogP contribution is 2.33. The first-order chi connectivity index (χ1) is 14.6. The Kier molecular flexibility index (Phi) is 5.13. The van der Waals surface area contributed by atoms with E-state index in [1.165, 1.54) is 0 Å². The number of ether oxygens (including phenoxy) is 1. The molecule has 1 unspecified atom stereocenters. The molecular formula is C18H24N8O3S. The number of hydrogen-bond donors (Lipinski definition) is 3. The second-order valence-electron chi connectivity index (χ2n) is 7.97. The first-order valence-electron chi connectivity index (χ1n) is 10.0. The highest BCUT2D eigenvalue weighted by molar-refractivity contribution is 7.79. The van der Waals surface area contributed by atoms with Gasteiger partial charge in [-0.2, -0.15) is 14.6 Å². The maximum atomic E-state index is 11.1. The van der Waals surface area contributed by atoms with Gasteiger partial charge in [0.25, 0.3) is 0 Å². The summed E-state index contributed by atoms with van der Waals surface area (Å²) in [7, 11) is 0. The summed E-state index contributed by atoms with van der Waals surface area (Å²) in [4.78, 5) is 11.2. The van der Waals surface area contributed by atoms with Gasteiger partial charge in [0.1, 0.15) is 17.7 Å². The van der Waals surface area contributed by atoms with Crippen LogP contribution in [0.2, 0.25) is 0 Å². The number of H-pyrrole nitrogens is 1. The van der Waals surface area contributed by atoms with Crippen LogP contribution in [0.15, 0.2) is 18.6 Å². The molecule has 0 bridgehead atoms. The normalized spacial score (nSPS) is 23.5. The van der Waals surface area contributed by atoms with E-state index in [1.54, 1.807) is 23.1 Å². The Morgan fingerprint density at radius 3 is 2.93 bits per heavy atom. The third kappa shape index (κ3) is 4.02. The van der Waals surface area contributed by atoms with Crippen molar-refractivity contribution in [1.82, 2.24) is 34.7 Å². The van der Waals surface area contributed by atoms with Crippen molar-refractivity contribution in [3.05, 3.63) is 18.6 Å². The number of piperidine rings is 1. The Bertz CT molecular complexity index is 1050. The molecule has 1 saturated heterocycles. The van der Waals surface area contributed by atoms with Crippen LogP contribution in [0.25, 0.3) is 16.9 Å². The van der Waals surface area contributed by atoms with Gasteiger partial charge in [-0.3, -0.25) is 10.00 Å². The molecular weight excluding hydrogens is 408 g/mol. The number of nitrogens with zero attached hydrogens (tertiary/aromatic N) is 6. The third-order valence-electron chi connectivity index (χ3n) is 5.51. The molecule has 2 aliphatic rings. The van der Waals surface area contributed by atoms with Gasteiger partial charge in [0.2, 0.25) is 11.8 Å². The summed E-state index contributed by atoms with van der Waals surface area (Å²) in [5.41, 5.74) is 2.12. The lowest BCUT2D eigenvalue weighted by molar-refractivity contribution is 0.194. The molecule has 5 rings (SSSR count). The second kappa shape index (κ2) is 7.93. The summed E-state index contributed by atoms with van der Waals surface area (Å²) in [5, 5.41) is 14.9. The van der Waals surface area contributed by atoms with Gasteiger partial charge >= 0.3 is 0 Å². The van der Waals surface area contributed by atoms with Crippen LogP contribution in [0, 0.1) is 5.92 Å². The van der Waals surface area contributed by atoms with Gasteiger partial charge in [-0.05, 0) is 25.2 Å². The molecule has 3 atom stereocenters. The van der Waals surface area contributed by atoms with Crippen LogP contribution >= 0.6 is 0 Å². The average Bonchev–Trinajstić information content (AvgIpc) is 3.19. The van der Waals surface area contributed by atoms with Crippen molar-refractivity contribution in [2.24, 2.45) is 5.92 Å². The van der Waals surface area contributed by atoms with Crippen molar-refractivity contribution in [1.29, 1.82) is 0 Å². The molecule has 0 spiro atoms. The topological polar surface area (TPSA) is 134 Å². The van der Waals surface area contributed by atoms with Crippen LogP contribution in [-0.2, 0) is 11.1 Å². The number of likely N-dealkylation sites (tertiary alicyclic amines) is 1. The van der Waals surface area contributed by atoms with E-state index in [-0.39, 0.29) is 23.9 Å². The highest BCUT2D eigenvalue weighted by atomic mass is 32.2. The molecule has 0 aromatic carbocycles. The van der Waals surface area contributed by atoms with E-state index < -0.39 is 11.1 Å². The molecule has 0 amide bonds. The monoisotopic (exact) mass is 432 g/mol. The van der Waals surface area contributed by atoms with Crippen LogP contribution in [0.5, 0.6) is 5.88 Å². The zero-order chi connectivity index (χ0) is 20.7. The number of hydrogen-bond acceptors (Lipinski definition) is 8. The molecule has 4 heterocycles. The summed E-state index contributed by atoms with van der Waals surface area (Å²) >= 11 is -1.81. The lowest BCUT2D eigenvalue weighted by atomic mass is 9.94. The summed E-state index contributed by atoms with van der Waals surface area (Å²) < 4.78 is 28.0. The Balaban J connectivity index is 1.39. The number of aromatic amines is 1. The van der Waals surface area contributed by atoms with Crippen LogP contribution in [0.1, 0.15) is 26.2 Å². The van der Waals surface area contributed by atoms with Crippen molar-refractivity contribution < 1.29 is 13.5 Å². The Labute approximate surface area is 175 Å². The molecule has 3 aromatic rings. The first kappa shape index (κ1) is 19.4. The van der Waals surface area contributed by atoms with E-state index in [4.69, 9.17) is 9.29 Å². The lowest BCUT2D eigenvalue weighted by Gasteiger charge is -2.36. The molecule has 1 aliphatic carbocycles. The molecule has 12 heteroatoms. The molecule has 0 radical (unpaired) electrons. The predicted octanol–water partition coefficient (Wildman–Crippen LogP) is 1.36. The average molecular weight is 433 g/mol. The van der Waals surface area contributed by atoms with E-state index in [9.17, 15) is 4.21 Å². The largest absolute Gasteiger partial charge is 0.473 e. The zero-order valence-corrected chi connectivity index (χ0v) is 17.4. The fraction of sp³-hybridized carbons (Fsp3) is 0.556. The zero-order valence-electron chi connectivity index (χ0n) is 16.6. The summed E-state index contributed by atoms with van der Waals surface area (Å²) in [6.07, 6.45) is 8.24. The second-order valence-corrected chi connectivity index (χ2v) is 8.87. The Hall–Kier alpha value is -2.57. The van der Waals surface area contributed by atoms with Crippen molar-refractivity contribution in [3.8, 4) is 17.1 Å². The minimum absolute atomic E-state index is 0.180. The van der Waals surface area contributed by atoms with Crippen molar-refractivity contribution in [2.75, 3.05) is 24.3 Å². The van der Waals surface area contributed by atoms with Crippen molar-refractivity contribution >= 4 is 22.7 Å². The quantitative estimate of drug-likeness (QED) is 0.473. The summed E-state index contributed by atoms with van der Waals surface area (Å²) in [6, 6.07) is 0.180. The van der Waals surface area contributed by atoms with E-state index in [0.717, 1.165) is 37.9 Å². The number of nitrogens with one attached hydrogen (secondary N) is 2. The first-order valence-corrected chi connectivity index (χ1v) is 11.3. The standard InChI is InChI=1S/C18H24N8O3S/c1-11-9-25(10-30(27)28)5-4-14(11)22-18-23-15-8-19-16(12-6-20-21-7-12)17(26(15)24-18)29-13-2-3-13/h6-8,11,13-14H,2-5,9-10H2,1H3,(H,20,21)(H,22,24)(H,27,28)/t11-,14+/m1/s1. The molecule has 11 nitrogen and oxygen atoms in total. The van der Waals surface area contributed by atoms with Gasteiger partial charge < -0.3 is 14.6 Å². The van der Waals surface area contributed by atoms with Crippen LogP contribution in [0.3, 0.4) is 0 Å². The van der Waals surface area contributed by atoms with Crippen molar-refractivity contribution in [2.45, 2.75) is 38.3 Å². The number of anilines is 1. The van der Waals surface area contributed by atoms with Gasteiger partial charge in [0, 0.05) is 30.9 Å². The molecule has 1 aliphatic heterocycles. The maximum Gasteiger partial charge on any atom is 0.244 e. The third-order valence-corrected chi connectivity index (χ3v) is 6.09. The van der Waals surface area contributed by atoms with Gasteiger partial charge in [-0.15, -0.1) is 5.10 Å². The van der Waals surface area contributed by atoms with E-state index in [2.05, 4.69) is 37.5 Å². The Morgan fingerprint density at radius 2 is 2.23 bits per heavy atom. The van der Waals surface area contributed by atoms with Crippen molar-refractivity contribution in [3.63, 3.8) is 0 Å². The minimum atomic E-state index is -1.81. The smallest absolute Gasteiger partial charge is 0.244 e. The molecule has 30 heavy (non-hydrogen) atoms. The molecule has 1 saturated carbocycles. The fourth-order valence-electron chi connectivity index (χ4n) is 3.81. The highest BCUT2D eigenvalue weighted by Gasteiger charge is 2.30. The molecule has 160 valence electrons. The molecule has 3 aromatic heterocycles. The van der Waals surface area contributed by atoms with Gasteiger partial charge in [0.15, 0.2) is 16.7 Å². The fourth-order valence-corrected chi connectivity index (χ4v) is 4.36. The lowest BCUT2D eigenvalue weighted by Crippen LogP contribution is -2.46. The van der Waals surface area contributed by atoms with E-state index in [1.807, 2.05) is 4.90 Å². The van der Waals surface area contributed by atoms with Gasteiger partial charge in [0.05, 0.1) is 12.4 Å². The van der Waals surface area contributed by atoms with Crippen LogP contribution in [-0.4, -0.2) is 74.6 Å². The minimum Gasteiger partial charge on any atom is -0.473 e. The van der Waals surface area contributed by atoms with E-state index >= 15 is 0 Å². The number of aromatic nitrogens is 6. The van der Waals surface area contributed by atoms with Crippen LogP contribution in [0.4, 0.5) is 5.95 Å². The summed E-state index contributed by atoms with van der Waals surface area (Å²) in [6.45, 7) is 3.63. The Morgan fingerprint density at radius 1 is 1.37 bits per heavy atom. The number of rotatable bonds is 7. The predicted molar refractivity (Wildman–Crippen MR) is 110 cm³/mol. The molecule has 3 N–H and O–H groups in total. The van der Waals surface area contributed by atoms with Crippen LogP contribution < -0.4 is 10.1 Å². The number of fused-ring (bicyclic) bond motifs is 1. The molecule has 2 fully saturated rings. The summed E-state index contributed by atoms with van der Waals surface area (Å²) in [5.74, 6) is 1.58. The van der Waals surface area contributed by atoms with E-state index in [0.29, 0.717) is 23.2 Å². The maximum absolute atomic E-state index is 11.1. The van der Waals surface area contributed by atoms with Gasteiger partial charge in [-0.1, -0.05) is 6.92 Å². The van der Waals surface area contributed by atoms with Gasteiger partial charge in [-0.25, -0.2) is 9.19 Å².